The van der Waals surface area contributed by atoms with Gasteiger partial charge in [0.05, 0.1) is 5.08 Å². The molecule has 6 heteroatoms. The predicted molar refractivity (Wildman–Crippen MR) is 43.0 cm³/mol. The van der Waals surface area contributed by atoms with Crippen molar-refractivity contribution in [1.82, 2.24) is 10.2 Å². The number of rotatable bonds is 3. The zero-order chi connectivity index (χ0) is 8.10. The van der Waals surface area contributed by atoms with Crippen LogP contribution in [0, 0.1) is 17.6 Å². The van der Waals surface area contributed by atoms with Crippen LogP contribution in [-0.4, -0.2) is 15.3 Å². The number of aryl methyl sites for hydroxylation is 1. The van der Waals surface area contributed by atoms with Crippen molar-refractivity contribution in [2.24, 2.45) is 0 Å². The van der Waals surface area contributed by atoms with E-state index in [9.17, 15) is 0 Å². The van der Waals surface area contributed by atoms with Crippen molar-refractivity contribution in [3.05, 3.63) is 5.89 Å². The molecule has 1 rings (SSSR count). The third-order valence-corrected chi connectivity index (χ3v) is 2.30. The summed E-state index contributed by atoms with van der Waals surface area (Å²) in [6.07, 6.45) is 0. The summed E-state index contributed by atoms with van der Waals surface area (Å²) in [6, 6.07) is 0. The Morgan fingerprint density at radius 3 is 3.00 bits per heavy atom. The van der Waals surface area contributed by atoms with Crippen LogP contribution in [0.2, 0.25) is 0 Å². The third-order valence-electron chi connectivity index (χ3n) is 0.813. The molecule has 0 aliphatic heterocycles. The van der Waals surface area contributed by atoms with Crippen LogP contribution >= 0.6 is 23.5 Å². The quantitative estimate of drug-likeness (QED) is 0.310. The summed E-state index contributed by atoms with van der Waals surface area (Å²) >= 11 is 2.52. The van der Waals surface area contributed by atoms with E-state index in [4.69, 9.17) is 9.68 Å². The highest BCUT2D eigenvalue weighted by Gasteiger charge is 2.01. The van der Waals surface area contributed by atoms with Crippen LogP contribution in [-0.2, 0) is 0 Å². The second kappa shape index (κ2) is 4.26. The summed E-state index contributed by atoms with van der Waals surface area (Å²) in [5, 5.41) is 18.7. The first-order chi connectivity index (χ1) is 5.33. The lowest BCUT2D eigenvalue weighted by Crippen LogP contribution is -1.71. The second-order valence-corrected chi connectivity index (χ2v) is 3.64. The van der Waals surface area contributed by atoms with Gasteiger partial charge in [0, 0.05) is 6.92 Å². The van der Waals surface area contributed by atoms with Crippen LogP contribution in [0.1, 0.15) is 5.89 Å². The lowest BCUT2D eigenvalue weighted by atomic mass is 10.8. The van der Waals surface area contributed by atoms with Crippen molar-refractivity contribution in [3.63, 3.8) is 0 Å². The number of hydrogen-bond donors (Lipinski definition) is 0. The van der Waals surface area contributed by atoms with E-state index in [2.05, 4.69) is 10.2 Å². The highest BCUT2D eigenvalue weighted by atomic mass is 32.2. The Balaban J connectivity index is 2.34. The van der Waals surface area contributed by atoms with Gasteiger partial charge in [-0.3, -0.25) is 0 Å². The fourth-order valence-corrected chi connectivity index (χ4v) is 1.57. The van der Waals surface area contributed by atoms with Gasteiger partial charge in [0.1, 0.15) is 5.40 Å². The molecule has 0 fully saturated rings. The van der Waals surface area contributed by atoms with Crippen molar-refractivity contribution in [3.8, 4) is 5.40 Å². The number of nitriles is 1. The van der Waals surface area contributed by atoms with Crippen LogP contribution < -0.4 is 0 Å². The SMILES string of the molecule is Cc1nnc(SCSC#N)o1. The molecule has 0 saturated heterocycles. The maximum atomic E-state index is 8.18. The lowest BCUT2D eigenvalue weighted by molar-refractivity contribution is 0.430. The molecule has 1 aromatic rings. The molecule has 1 aromatic heterocycles. The van der Waals surface area contributed by atoms with Gasteiger partial charge in [0.2, 0.25) is 5.89 Å². The van der Waals surface area contributed by atoms with Gasteiger partial charge in [-0.2, -0.15) is 5.26 Å². The van der Waals surface area contributed by atoms with Gasteiger partial charge in [-0.15, -0.1) is 10.2 Å². The number of nitrogens with zero attached hydrogens (tertiary/aromatic N) is 3. The average molecular weight is 187 g/mol. The van der Waals surface area contributed by atoms with Crippen molar-refractivity contribution < 1.29 is 4.42 Å². The minimum atomic E-state index is 0.519. The summed E-state index contributed by atoms with van der Waals surface area (Å²) in [5.41, 5.74) is 0. The zero-order valence-corrected chi connectivity index (χ0v) is 7.41. The molecule has 58 valence electrons. The molecular formula is C5H5N3OS2. The van der Waals surface area contributed by atoms with Crippen molar-refractivity contribution in [2.75, 3.05) is 5.08 Å². The van der Waals surface area contributed by atoms with Crippen LogP contribution in [0.25, 0.3) is 0 Å². The Labute approximate surface area is 72.4 Å². The molecular weight excluding hydrogens is 182 g/mol. The van der Waals surface area contributed by atoms with Gasteiger partial charge < -0.3 is 4.42 Å². The van der Waals surface area contributed by atoms with Gasteiger partial charge >= 0.3 is 0 Å². The highest BCUT2D eigenvalue weighted by Crippen LogP contribution is 2.19. The standard InChI is InChI=1S/C5H5N3OS2/c1-4-7-8-5(9-4)11-3-10-2-6/h3H2,1H3. The fourth-order valence-electron chi connectivity index (χ4n) is 0.443. The molecule has 0 unspecified atom stereocenters. The Kier molecular flexibility index (Phi) is 3.26. The molecule has 0 aromatic carbocycles. The lowest BCUT2D eigenvalue weighted by Gasteiger charge is -1.86. The molecule has 1 heterocycles. The maximum Gasteiger partial charge on any atom is 0.277 e. The Morgan fingerprint density at radius 1 is 1.64 bits per heavy atom. The van der Waals surface area contributed by atoms with Gasteiger partial charge in [-0.25, -0.2) is 0 Å². The number of aromatic nitrogens is 2. The molecule has 0 bridgehead atoms. The Hall–Kier alpha value is -0.670. The van der Waals surface area contributed by atoms with Crippen molar-refractivity contribution >= 4 is 23.5 Å². The van der Waals surface area contributed by atoms with Gasteiger partial charge in [-0.05, 0) is 11.8 Å². The van der Waals surface area contributed by atoms with Gasteiger partial charge in [0.25, 0.3) is 5.22 Å². The minimum Gasteiger partial charge on any atom is -0.416 e. The van der Waals surface area contributed by atoms with E-state index in [1.807, 2.05) is 5.40 Å². The first kappa shape index (κ1) is 8.43. The van der Waals surface area contributed by atoms with Gasteiger partial charge in [0.15, 0.2) is 0 Å². The first-order valence-corrected chi connectivity index (χ1v) is 4.74. The van der Waals surface area contributed by atoms with E-state index in [-0.39, 0.29) is 0 Å². The van der Waals surface area contributed by atoms with Crippen molar-refractivity contribution in [2.45, 2.75) is 12.1 Å². The van der Waals surface area contributed by atoms with E-state index in [0.29, 0.717) is 16.2 Å². The first-order valence-electron chi connectivity index (χ1n) is 2.76. The fraction of sp³-hybridized carbons (Fsp3) is 0.400. The average Bonchev–Trinajstić information content (AvgIpc) is 2.37. The molecule has 0 N–H and O–H groups in total. The number of thioether (sulfide) groups is 2. The summed E-state index contributed by atoms with van der Waals surface area (Å²) in [7, 11) is 0. The topological polar surface area (TPSA) is 62.7 Å². The van der Waals surface area contributed by atoms with E-state index < -0.39 is 0 Å². The maximum absolute atomic E-state index is 8.18. The van der Waals surface area contributed by atoms with Crippen molar-refractivity contribution in [1.29, 1.82) is 5.26 Å². The summed E-state index contributed by atoms with van der Waals surface area (Å²) in [5.74, 6) is 0.550. The van der Waals surface area contributed by atoms with Gasteiger partial charge in [-0.1, -0.05) is 11.8 Å². The second-order valence-electron chi connectivity index (χ2n) is 1.58. The summed E-state index contributed by atoms with van der Waals surface area (Å²) in [6.45, 7) is 1.73. The Bertz CT molecular complexity index is 267. The normalized spacial score (nSPS) is 9.45. The molecule has 4 nitrogen and oxygen atoms in total. The van der Waals surface area contributed by atoms with Crippen LogP contribution in [0.4, 0.5) is 0 Å². The van der Waals surface area contributed by atoms with E-state index >= 15 is 0 Å². The van der Waals surface area contributed by atoms with E-state index in [1.54, 1.807) is 6.92 Å². The summed E-state index contributed by atoms with van der Waals surface area (Å²) in [4.78, 5) is 0. The molecule has 0 saturated carbocycles. The monoisotopic (exact) mass is 187 g/mol. The van der Waals surface area contributed by atoms with Crippen LogP contribution in [0.5, 0.6) is 0 Å². The zero-order valence-electron chi connectivity index (χ0n) is 5.77. The van der Waals surface area contributed by atoms with E-state index in [1.165, 1.54) is 11.8 Å². The smallest absolute Gasteiger partial charge is 0.277 e. The number of thiocyanates is 1. The van der Waals surface area contributed by atoms with Crippen LogP contribution in [0.15, 0.2) is 9.64 Å². The van der Waals surface area contributed by atoms with E-state index in [0.717, 1.165) is 11.8 Å². The largest absolute Gasteiger partial charge is 0.416 e. The Morgan fingerprint density at radius 2 is 2.45 bits per heavy atom. The molecule has 0 spiro atoms. The molecule has 0 aliphatic carbocycles. The molecule has 0 amide bonds. The summed E-state index contributed by atoms with van der Waals surface area (Å²) < 4.78 is 5.05. The molecule has 0 radical (unpaired) electrons. The number of hydrogen-bond acceptors (Lipinski definition) is 6. The third kappa shape index (κ3) is 2.82. The predicted octanol–water partition coefficient (Wildman–Crippen LogP) is 1.64. The van der Waals surface area contributed by atoms with Crippen LogP contribution in [0.3, 0.4) is 0 Å². The highest BCUT2D eigenvalue weighted by molar-refractivity contribution is 8.18. The molecule has 0 aliphatic rings. The molecule has 0 atom stereocenters. The molecule has 11 heavy (non-hydrogen) atoms. The minimum absolute atomic E-state index is 0.519.